The van der Waals surface area contributed by atoms with Crippen LogP contribution in [0.25, 0.3) is 0 Å². The summed E-state index contributed by atoms with van der Waals surface area (Å²) in [5, 5.41) is 2.94. The zero-order valence-corrected chi connectivity index (χ0v) is 15.8. The molecule has 0 aromatic heterocycles. The molecule has 1 N–H and O–H groups in total. The van der Waals surface area contributed by atoms with Crippen LogP contribution in [0.15, 0.2) is 12.2 Å². The zero-order valence-electron chi connectivity index (χ0n) is 15.8. The Hall–Kier alpha value is -2.18. The van der Waals surface area contributed by atoms with E-state index < -0.39 is 18.6 Å². The summed E-state index contributed by atoms with van der Waals surface area (Å²) in [6, 6.07) is 0.124. The average molecular weight is 376 g/mol. The normalized spacial score (nSPS) is 27.1. The predicted molar refractivity (Wildman–Crippen MR) is 97.3 cm³/mol. The summed E-state index contributed by atoms with van der Waals surface area (Å²) in [4.78, 5) is 50.2. The van der Waals surface area contributed by atoms with Crippen molar-refractivity contribution in [1.82, 2.24) is 10.2 Å². The van der Waals surface area contributed by atoms with Crippen LogP contribution >= 0.6 is 0 Å². The minimum Gasteiger partial charge on any atom is -0.451 e. The van der Waals surface area contributed by atoms with E-state index in [9.17, 15) is 19.2 Å². The van der Waals surface area contributed by atoms with Gasteiger partial charge in [-0.25, -0.2) is 0 Å². The topological polar surface area (TPSA) is 92.8 Å². The van der Waals surface area contributed by atoms with Gasteiger partial charge in [0, 0.05) is 6.04 Å². The number of fused-ring (bicyclic) bond motifs is 1. The lowest BCUT2D eigenvalue weighted by molar-refractivity contribution is -0.159. The first-order valence-electron chi connectivity index (χ1n) is 9.97. The molecule has 0 bridgehead atoms. The summed E-state index contributed by atoms with van der Waals surface area (Å²) in [7, 11) is 0. The van der Waals surface area contributed by atoms with Crippen LogP contribution in [-0.4, -0.2) is 47.3 Å². The third-order valence-electron chi connectivity index (χ3n) is 5.77. The number of hydrogen-bond acceptors (Lipinski definition) is 5. The maximum absolute atomic E-state index is 12.4. The van der Waals surface area contributed by atoms with Crippen LogP contribution in [0, 0.1) is 11.8 Å². The summed E-state index contributed by atoms with van der Waals surface area (Å²) < 4.78 is 5.18. The highest BCUT2D eigenvalue weighted by Crippen LogP contribution is 2.34. The average Bonchev–Trinajstić information content (AvgIpc) is 2.84. The van der Waals surface area contributed by atoms with Crippen LogP contribution in [-0.2, 0) is 23.9 Å². The van der Waals surface area contributed by atoms with Gasteiger partial charge in [-0.1, -0.05) is 37.8 Å². The Balaban J connectivity index is 1.49. The van der Waals surface area contributed by atoms with Gasteiger partial charge >= 0.3 is 5.97 Å². The molecule has 27 heavy (non-hydrogen) atoms. The fourth-order valence-electron chi connectivity index (χ4n) is 4.18. The SMILES string of the molecule is C[C@@H](OC(=O)CN1C(=O)[C@H]2CC=CC[C@H]2C1=O)C(=O)NC1CCCCCC1. The minimum atomic E-state index is -0.947. The highest BCUT2D eigenvalue weighted by molar-refractivity contribution is 6.07. The molecule has 7 nitrogen and oxygen atoms in total. The van der Waals surface area contributed by atoms with Gasteiger partial charge in [-0.15, -0.1) is 0 Å². The number of nitrogens with zero attached hydrogens (tertiary/aromatic N) is 1. The van der Waals surface area contributed by atoms with E-state index in [1.165, 1.54) is 19.8 Å². The zero-order chi connectivity index (χ0) is 19.4. The van der Waals surface area contributed by atoms with Crippen LogP contribution in [0.4, 0.5) is 0 Å². The minimum absolute atomic E-state index is 0.124. The number of carbonyl (C=O) groups excluding carboxylic acids is 4. The van der Waals surface area contributed by atoms with Crippen molar-refractivity contribution in [2.24, 2.45) is 11.8 Å². The number of nitrogens with one attached hydrogen (secondary N) is 1. The van der Waals surface area contributed by atoms with Gasteiger partial charge in [-0.05, 0) is 32.6 Å². The molecule has 0 aromatic carbocycles. The number of imide groups is 1. The molecular weight excluding hydrogens is 348 g/mol. The van der Waals surface area contributed by atoms with Crippen molar-refractivity contribution in [3.63, 3.8) is 0 Å². The van der Waals surface area contributed by atoms with Gasteiger partial charge in [-0.2, -0.15) is 0 Å². The molecule has 2 aliphatic carbocycles. The molecule has 1 saturated carbocycles. The Kier molecular flexibility index (Phi) is 6.29. The van der Waals surface area contributed by atoms with Crippen LogP contribution < -0.4 is 5.32 Å². The van der Waals surface area contributed by atoms with E-state index in [2.05, 4.69) is 5.32 Å². The van der Waals surface area contributed by atoms with Crippen molar-refractivity contribution in [1.29, 1.82) is 0 Å². The van der Waals surface area contributed by atoms with Gasteiger partial charge in [0.15, 0.2) is 6.10 Å². The summed E-state index contributed by atoms with van der Waals surface area (Å²) in [6.07, 6.45) is 10.4. The Morgan fingerprint density at radius 2 is 1.63 bits per heavy atom. The van der Waals surface area contributed by atoms with Crippen LogP contribution in [0.1, 0.15) is 58.3 Å². The highest BCUT2D eigenvalue weighted by atomic mass is 16.5. The molecule has 1 saturated heterocycles. The molecule has 0 spiro atoms. The summed E-state index contributed by atoms with van der Waals surface area (Å²) >= 11 is 0. The third-order valence-corrected chi connectivity index (χ3v) is 5.77. The smallest absolute Gasteiger partial charge is 0.326 e. The van der Waals surface area contributed by atoms with Crippen LogP contribution in [0.5, 0.6) is 0 Å². The number of likely N-dealkylation sites (tertiary alicyclic amines) is 1. The summed E-state index contributed by atoms with van der Waals surface area (Å²) in [6.45, 7) is 1.09. The number of rotatable bonds is 5. The number of ether oxygens (including phenoxy) is 1. The predicted octanol–water partition coefficient (Wildman–Crippen LogP) is 1.71. The van der Waals surface area contributed by atoms with Gasteiger partial charge in [-0.3, -0.25) is 24.1 Å². The Morgan fingerprint density at radius 1 is 1.07 bits per heavy atom. The number of amides is 3. The second kappa shape index (κ2) is 8.67. The van der Waals surface area contributed by atoms with Crippen molar-refractivity contribution in [3.8, 4) is 0 Å². The van der Waals surface area contributed by atoms with E-state index in [1.54, 1.807) is 0 Å². The lowest BCUT2D eigenvalue weighted by Gasteiger charge is -2.20. The quantitative estimate of drug-likeness (QED) is 0.341. The maximum atomic E-state index is 12.4. The molecule has 1 aliphatic heterocycles. The highest BCUT2D eigenvalue weighted by Gasteiger charge is 2.47. The molecule has 1 heterocycles. The molecular formula is C20H28N2O5. The van der Waals surface area contributed by atoms with E-state index in [0.29, 0.717) is 12.8 Å². The van der Waals surface area contributed by atoms with Crippen molar-refractivity contribution in [2.75, 3.05) is 6.54 Å². The molecule has 0 aromatic rings. The molecule has 0 unspecified atom stereocenters. The van der Waals surface area contributed by atoms with E-state index >= 15 is 0 Å². The first-order valence-corrected chi connectivity index (χ1v) is 9.97. The molecule has 7 heteroatoms. The van der Waals surface area contributed by atoms with Crippen LogP contribution in [0.3, 0.4) is 0 Å². The number of esters is 1. The fraction of sp³-hybridized carbons (Fsp3) is 0.700. The van der Waals surface area contributed by atoms with Crippen molar-refractivity contribution < 1.29 is 23.9 Å². The Bertz CT molecular complexity index is 610. The van der Waals surface area contributed by atoms with Gasteiger partial charge < -0.3 is 10.1 Å². The van der Waals surface area contributed by atoms with Crippen molar-refractivity contribution >= 4 is 23.7 Å². The van der Waals surface area contributed by atoms with Gasteiger partial charge in [0.1, 0.15) is 6.54 Å². The Morgan fingerprint density at radius 3 is 2.19 bits per heavy atom. The molecule has 3 rings (SSSR count). The number of allylic oxidation sites excluding steroid dienone is 2. The van der Waals surface area contributed by atoms with Crippen LogP contribution in [0.2, 0.25) is 0 Å². The Labute approximate surface area is 159 Å². The lowest BCUT2D eigenvalue weighted by Crippen LogP contribution is -2.43. The van der Waals surface area contributed by atoms with E-state index in [1.807, 2.05) is 12.2 Å². The molecule has 3 aliphatic rings. The standard InChI is InChI=1S/C20H28N2O5/c1-13(18(24)21-14-8-4-2-3-5-9-14)27-17(23)12-22-19(25)15-10-6-7-11-16(15)20(22)26/h6-7,13-16H,2-5,8-12H2,1H3,(H,21,24)/t13-,15-,16+/m1/s1. The molecule has 2 fully saturated rings. The monoisotopic (exact) mass is 376 g/mol. The first-order chi connectivity index (χ1) is 13.0. The third kappa shape index (κ3) is 4.57. The largest absolute Gasteiger partial charge is 0.451 e. The second-order valence-electron chi connectivity index (χ2n) is 7.75. The van der Waals surface area contributed by atoms with Gasteiger partial charge in [0.2, 0.25) is 11.8 Å². The van der Waals surface area contributed by atoms with E-state index in [4.69, 9.17) is 4.74 Å². The summed E-state index contributed by atoms with van der Waals surface area (Å²) in [5.41, 5.74) is 0. The summed E-state index contributed by atoms with van der Waals surface area (Å²) in [5.74, 6) is -2.43. The molecule has 0 radical (unpaired) electrons. The number of carbonyl (C=O) groups is 4. The van der Waals surface area contributed by atoms with Crippen molar-refractivity contribution in [2.45, 2.75) is 70.4 Å². The molecule has 148 valence electrons. The van der Waals surface area contributed by atoms with Crippen molar-refractivity contribution in [3.05, 3.63) is 12.2 Å². The van der Waals surface area contributed by atoms with Gasteiger partial charge in [0.05, 0.1) is 11.8 Å². The first kappa shape index (κ1) is 19.6. The molecule has 3 atom stereocenters. The van der Waals surface area contributed by atoms with E-state index in [0.717, 1.165) is 30.6 Å². The number of hydrogen-bond donors (Lipinski definition) is 1. The van der Waals surface area contributed by atoms with Gasteiger partial charge in [0.25, 0.3) is 5.91 Å². The molecule has 3 amide bonds. The second-order valence-corrected chi connectivity index (χ2v) is 7.75. The maximum Gasteiger partial charge on any atom is 0.326 e. The fourth-order valence-corrected chi connectivity index (χ4v) is 4.18. The lowest BCUT2D eigenvalue weighted by atomic mass is 9.85. The van der Waals surface area contributed by atoms with E-state index in [-0.39, 0.29) is 35.6 Å².